The fourth-order valence-corrected chi connectivity index (χ4v) is 3.25. The molecule has 2 aromatic carbocycles. The predicted molar refractivity (Wildman–Crippen MR) is 114 cm³/mol. The standard InChI is InChI=1S/C23H24N2O6/c1-2-30-22(28)15-25(18-7-4-3-5-8-18)21(27)16-31-23(29)17-10-12-19(13-11-17)24-14-6-9-20(24)26/h3-5,7-8,10-13H,2,6,9,14-16H2,1H3. The summed E-state index contributed by atoms with van der Waals surface area (Å²) in [7, 11) is 0. The third-order valence-electron chi connectivity index (χ3n) is 4.78. The van der Waals surface area contributed by atoms with Crippen molar-refractivity contribution in [3.8, 4) is 0 Å². The van der Waals surface area contributed by atoms with Crippen LogP contribution >= 0.6 is 0 Å². The quantitative estimate of drug-likeness (QED) is 0.605. The zero-order chi connectivity index (χ0) is 22.2. The van der Waals surface area contributed by atoms with Crippen molar-refractivity contribution in [2.45, 2.75) is 19.8 Å². The van der Waals surface area contributed by atoms with Crippen molar-refractivity contribution in [2.75, 3.05) is 36.1 Å². The first-order chi connectivity index (χ1) is 15.0. The highest BCUT2D eigenvalue weighted by Crippen LogP contribution is 2.22. The number of carbonyl (C=O) groups excluding carboxylic acids is 4. The Morgan fingerprint density at radius 2 is 1.71 bits per heavy atom. The smallest absolute Gasteiger partial charge is 0.338 e. The SMILES string of the molecule is CCOC(=O)CN(C(=O)COC(=O)c1ccc(N2CCCC2=O)cc1)c1ccccc1. The summed E-state index contributed by atoms with van der Waals surface area (Å²) in [5.74, 6) is -1.72. The number of carbonyl (C=O) groups is 4. The van der Waals surface area contributed by atoms with E-state index in [0.29, 0.717) is 18.7 Å². The molecule has 2 aromatic rings. The van der Waals surface area contributed by atoms with Gasteiger partial charge in [-0.05, 0) is 49.7 Å². The predicted octanol–water partition coefficient (Wildman–Crippen LogP) is 2.57. The number of ether oxygens (including phenoxy) is 2. The van der Waals surface area contributed by atoms with Gasteiger partial charge in [-0.1, -0.05) is 18.2 Å². The van der Waals surface area contributed by atoms with Crippen LogP contribution in [0.3, 0.4) is 0 Å². The van der Waals surface area contributed by atoms with Crippen LogP contribution in [0, 0.1) is 0 Å². The number of para-hydroxylation sites is 1. The number of anilines is 2. The lowest BCUT2D eigenvalue weighted by Gasteiger charge is -2.21. The van der Waals surface area contributed by atoms with Crippen LogP contribution < -0.4 is 9.80 Å². The summed E-state index contributed by atoms with van der Waals surface area (Å²) in [6.07, 6.45) is 1.34. The summed E-state index contributed by atoms with van der Waals surface area (Å²) in [5, 5.41) is 0. The molecule has 0 atom stereocenters. The van der Waals surface area contributed by atoms with E-state index in [2.05, 4.69) is 0 Å². The number of hydrogen-bond acceptors (Lipinski definition) is 6. The molecule has 1 saturated heterocycles. The van der Waals surface area contributed by atoms with Gasteiger partial charge < -0.3 is 14.4 Å². The van der Waals surface area contributed by atoms with Gasteiger partial charge >= 0.3 is 11.9 Å². The Morgan fingerprint density at radius 1 is 1.00 bits per heavy atom. The van der Waals surface area contributed by atoms with Gasteiger partial charge in [-0.15, -0.1) is 0 Å². The normalized spacial score (nSPS) is 13.1. The van der Waals surface area contributed by atoms with Gasteiger partial charge in [0.25, 0.3) is 5.91 Å². The molecule has 1 heterocycles. The number of benzene rings is 2. The topological polar surface area (TPSA) is 93.2 Å². The van der Waals surface area contributed by atoms with E-state index >= 15 is 0 Å². The molecule has 0 aliphatic carbocycles. The molecule has 1 fully saturated rings. The molecule has 8 heteroatoms. The molecule has 162 valence electrons. The van der Waals surface area contributed by atoms with E-state index in [9.17, 15) is 19.2 Å². The van der Waals surface area contributed by atoms with Crippen molar-refractivity contribution in [3.63, 3.8) is 0 Å². The molecular formula is C23H24N2O6. The van der Waals surface area contributed by atoms with Crippen molar-refractivity contribution in [2.24, 2.45) is 0 Å². The Labute approximate surface area is 180 Å². The molecule has 1 aliphatic rings. The molecule has 0 saturated carbocycles. The zero-order valence-corrected chi connectivity index (χ0v) is 17.3. The van der Waals surface area contributed by atoms with Crippen molar-refractivity contribution in [1.82, 2.24) is 0 Å². The first-order valence-corrected chi connectivity index (χ1v) is 10.1. The Hall–Kier alpha value is -3.68. The Morgan fingerprint density at radius 3 is 2.32 bits per heavy atom. The average molecular weight is 424 g/mol. The van der Waals surface area contributed by atoms with E-state index in [1.807, 2.05) is 0 Å². The van der Waals surface area contributed by atoms with Crippen LogP contribution in [0.5, 0.6) is 0 Å². The Bertz CT molecular complexity index is 942. The molecule has 0 N–H and O–H groups in total. The van der Waals surface area contributed by atoms with Crippen molar-refractivity contribution < 1.29 is 28.7 Å². The molecule has 0 unspecified atom stereocenters. The first-order valence-electron chi connectivity index (χ1n) is 10.1. The van der Waals surface area contributed by atoms with Crippen LogP contribution in [0.4, 0.5) is 11.4 Å². The molecule has 8 nitrogen and oxygen atoms in total. The van der Waals surface area contributed by atoms with Gasteiger partial charge in [-0.25, -0.2) is 4.79 Å². The number of nitrogens with zero attached hydrogens (tertiary/aromatic N) is 2. The van der Waals surface area contributed by atoms with E-state index in [-0.39, 0.29) is 24.6 Å². The van der Waals surface area contributed by atoms with Gasteiger partial charge in [0.05, 0.1) is 12.2 Å². The van der Waals surface area contributed by atoms with Crippen LogP contribution in [0.2, 0.25) is 0 Å². The lowest BCUT2D eigenvalue weighted by Crippen LogP contribution is -2.39. The second-order valence-corrected chi connectivity index (χ2v) is 6.89. The molecule has 0 aromatic heterocycles. The van der Waals surface area contributed by atoms with Gasteiger partial charge in [0.1, 0.15) is 6.54 Å². The minimum Gasteiger partial charge on any atom is -0.465 e. The summed E-state index contributed by atoms with van der Waals surface area (Å²) in [6, 6.07) is 15.1. The largest absolute Gasteiger partial charge is 0.465 e. The third kappa shape index (κ3) is 5.69. The Kier molecular flexibility index (Phi) is 7.37. The van der Waals surface area contributed by atoms with E-state index in [1.54, 1.807) is 66.4 Å². The van der Waals surface area contributed by atoms with Crippen LogP contribution in [0.25, 0.3) is 0 Å². The number of esters is 2. The second kappa shape index (κ2) is 10.4. The van der Waals surface area contributed by atoms with Crippen molar-refractivity contribution in [1.29, 1.82) is 0 Å². The second-order valence-electron chi connectivity index (χ2n) is 6.89. The number of rotatable bonds is 8. The third-order valence-corrected chi connectivity index (χ3v) is 4.78. The van der Waals surface area contributed by atoms with Gasteiger partial charge in [-0.2, -0.15) is 0 Å². The Balaban J connectivity index is 1.62. The summed E-state index contributed by atoms with van der Waals surface area (Å²) >= 11 is 0. The summed E-state index contributed by atoms with van der Waals surface area (Å²) < 4.78 is 10.1. The first kappa shape index (κ1) is 22.0. The fraction of sp³-hybridized carbons (Fsp3) is 0.304. The lowest BCUT2D eigenvalue weighted by molar-refractivity contribution is -0.142. The maximum absolute atomic E-state index is 12.7. The molecular weight excluding hydrogens is 400 g/mol. The fourth-order valence-electron chi connectivity index (χ4n) is 3.25. The molecule has 3 rings (SSSR count). The molecule has 0 bridgehead atoms. The molecule has 31 heavy (non-hydrogen) atoms. The highest BCUT2D eigenvalue weighted by Gasteiger charge is 2.23. The van der Waals surface area contributed by atoms with Gasteiger partial charge in [-0.3, -0.25) is 19.3 Å². The summed E-state index contributed by atoms with van der Waals surface area (Å²) in [4.78, 5) is 51.7. The van der Waals surface area contributed by atoms with Crippen molar-refractivity contribution in [3.05, 3.63) is 60.2 Å². The number of hydrogen-bond donors (Lipinski definition) is 0. The molecule has 1 aliphatic heterocycles. The van der Waals surface area contributed by atoms with Crippen molar-refractivity contribution >= 4 is 35.1 Å². The van der Waals surface area contributed by atoms with E-state index in [0.717, 1.165) is 12.1 Å². The van der Waals surface area contributed by atoms with E-state index in [4.69, 9.17) is 9.47 Å². The minimum absolute atomic E-state index is 0.0588. The zero-order valence-electron chi connectivity index (χ0n) is 17.3. The van der Waals surface area contributed by atoms with Crippen LogP contribution in [0.15, 0.2) is 54.6 Å². The summed E-state index contributed by atoms with van der Waals surface area (Å²) in [6.45, 7) is 1.72. The average Bonchev–Trinajstić information content (AvgIpc) is 3.22. The molecule has 2 amide bonds. The molecule has 0 radical (unpaired) electrons. The maximum Gasteiger partial charge on any atom is 0.338 e. The highest BCUT2D eigenvalue weighted by molar-refractivity contribution is 6.00. The lowest BCUT2D eigenvalue weighted by atomic mass is 10.2. The minimum atomic E-state index is -0.670. The van der Waals surface area contributed by atoms with Crippen LogP contribution in [-0.4, -0.2) is 50.1 Å². The summed E-state index contributed by atoms with van der Waals surface area (Å²) in [5.41, 5.74) is 1.48. The highest BCUT2D eigenvalue weighted by atomic mass is 16.5. The van der Waals surface area contributed by atoms with Crippen LogP contribution in [-0.2, 0) is 23.9 Å². The number of amides is 2. The maximum atomic E-state index is 12.7. The van der Waals surface area contributed by atoms with Gasteiger partial charge in [0.15, 0.2) is 6.61 Å². The molecule has 0 spiro atoms. The monoisotopic (exact) mass is 424 g/mol. The van der Waals surface area contributed by atoms with Gasteiger partial charge in [0.2, 0.25) is 5.91 Å². The van der Waals surface area contributed by atoms with E-state index in [1.165, 1.54) is 4.90 Å². The van der Waals surface area contributed by atoms with Crippen LogP contribution in [0.1, 0.15) is 30.1 Å². The van der Waals surface area contributed by atoms with Gasteiger partial charge in [0, 0.05) is 24.3 Å². The van der Waals surface area contributed by atoms with E-state index < -0.39 is 24.5 Å².